The molecule has 1 heterocycles. The number of hydrogen-bond acceptors (Lipinski definition) is 4. The molecule has 0 spiro atoms. The van der Waals surface area contributed by atoms with Gasteiger partial charge >= 0.3 is 0 Å². The van der Waals surface area contributed by atoms with E-state index >= 15 is 0 Å². The predicted molar refractivity (Wildman–Crippen MR) is 123 cm³/mol. The molecule has 2 aromatic rings. The molecule has 0 atom stereocenters. The molecule has 1 aliphatic rings. The second-order valence-corrected chi connectivity index (χ2v) is 9.94. The normalized spacial score (nSPS) is 14.8. The summed E-state index contributed by atoms with van der Waals surface area (Å²) in [7, 11) is -3.61. The summed E-state index contributed by atoms with van der Waals surface area (Å²) in [6.07, 6.45) is 2.48. The molecule has 7 heteroatoms. The van der Waals surface area contributed by atoms with Crippen molar-refractivity contribution in [3.05, 3.63) is 64.7 Å². The van der Waals surface area contributed by atoms with Crippen molar-refractivity contribution in [2.24, 2.45) is 0 Å². The summed E-state index contributed by atoms with van der Waals surface area (Å²) < 4.78 is 27.1. The van der Waals surface area contributed by atoms with Crippen molar-refractivity contribution in [3.8, 4) is 0 Å². The molecule has 0 radical (unpaired) electrons. The van der Waals surface area contributed by atoms with Gasteiger partial charge in [0, 0.05) is 31.7 Å². The molecule has 168 valence electrons. The first-order valence-electron chi connectivity index (χ1n) is 11.0. The van der Waals surface area contributed by atoms with Gasteiger partial charge in [-0.2, -0.15) is 4.31 Å². The largest absolute Gasteiger partial charge is 0.348 e. The fourth-order valence-corrected chi connectivity index (χ4v) is 5.54. The van der Waals surface area contributed by atoms with Crippen molar-refractivity contribution in [3.63, 3.8) is 0 Å². The lowest BCUT2D eigenvalue weighted by Crippen LogP contribution is -2.31. The van der Waals surface area contributed by atoms with E-state index in [0.29, 0.717) is 25.2 Å². The molecule has 0 unspecified atom stereocenters. The molecule has 6 nitrogen and oxygen atoms in total. The van der Waals surface area contributed by atoms with E-state index in [-0.39, 0.29) is 10.8 Å². The lowest BCUT2D eigenvalue weighted by molar-refractivity contribution is 0.0950. The van der Waals surface area contributed by atoms with Crippen LogP contribution in [0.15, 0.2) is 47.4 Å². The molecule has 0 aromatic heterocycles. The van der Waals surface area contributed by atoms with E-state index in [4.69, 9.17) is 0 Å². The van der Waals surface area contributed by atoms with Crippen LogP contribution in [0, 0.1) is 6.92 Å². The van der Waals surface area contributed by atoms with Gasteiger partial charge in [0.15, 0.2) is 0 Å². The van der Waals surface area contributed by atoms with E-state index in [1.807, 2.05) is 39.0 Å². The molecule has 0 aliphatic carbocycles. The lowest BCUT2D eigenvalue weighted by Gasteiger charge is -2.19. The molecule has 1 amide bonds. The second kappa shape index (κ2) is 10.4. The van der Waals surface area contributed by atoms with Gasteiger partial charge in [-0.25, -0.2) is 8.42 Å². The van der Waals surface area contributed by atoms with E-state index in [2.05, 4.69) is 16.3 Å². The quantitative estimate of drug-likeness (QED) is 0.643. The van der Waals surface area contributed by atoms with Gasteiger partial charge in [-0.15, -0.1) is 0 Å². The Morgan fingerprint density at radius 3 is 2.32 bits per heavy atom. The van der Waals surface area contributed by atoms with Gasteiger partial charge in [0.25, 0.3) is 5.91 Å². The minimum Gasteiger partial charge on any atom is -0.348 e. The Bertz CT molecular complexity index is 1010. The van der Waals surface area contributed by atoms with E-state index in [1.165, 1.54) is 28.8 Å². The maximum absolute atomic E-state index is 13.0. The van der Waals surface area contributed by atoms with Crippen LogP contribution in [0.3, 0.4) is 0 Å². The number of carbonyl (C=O) groups is 1. The topological polar surface area (TPSA) is 69.7 Å². The summed E-state index contributed by atoms with van der Waals surface area (Å²) >= 11 is 0. The third kappa shape index (κ3) is 5.53. The zero-order valence-corrected chi connectivity index (χ0v) is 19.5. The zero-order chi connectivity index (χ0) is 22.4. The first-order chi connectivity index (χ1) is 14.9. The van der Waals surface area contributed by atoms with Crippen molar-refractivity contribution in [1.82, 2.24) is 14.5 Å². The molecule has 3 rings (SSSR count). The zero-order valence-electron chi connectivity index (χ0n) is 18.7. The number of nitrogens with zero attached hydrogens (tertiary/aromatic N) is 2. The fraction of sp³-hybridized carbons (Fsp3) is 0.458. The van der Waals surface area contributed by atoms with E-state index in [1.54, 1.807) is 12.1 Å². The van der Waals surface area contributed by atoms with Crippen molar-refractivity contribution in [2.45, 2.75) is 51.6 Å². The summed E-state index contributed by atoms with van der Waals surface area (Å²) in [5.41, 5.74) is 3.46. The summed E-state index contributed by atoms with van der Waals surface area (Å²) in [6, 6.07) is 12.9. The molecule has 1 saturated heterocycles. The van der Waals surface area contributed by atoms with Gasteiger partial charge in [-0.05, 0) is 61.7 Å². The fourth-order valence-electron chi connectivity index (χ4n) is 4.06. The highest BCUT2D eigenvalue weighted by Crippen LogP contribution is 2.20. The van der Waals surface area contributed by atoms with Crippen molar-refractivity contribution in [1.29, 1.82) is 0 Å². The first kappa shape index (κ1) is 23.4. The molecular formula is C24H33N3O3S. The van der Waals surface area contributed by atoms with Crippen LogP contribution in [0.5, 0.6) is 0 Å². The first-order valence-corrected chi connectivity index (χ1v) is 12.5. The second-order valence-electron chi connectivity index (χ2n) is 8.00. The molecule has 0 saturated carbocycles. The van der Waals surface area contributed by atoms with E-state index in [0.717, 1.165) is 30.8 Å². The predicted octanol–water partition coefficient (Wildman–Crippen LogP) is 3.55. The van der Waals surface area contributed by atoms with Crippen molar-refractivity contribution in [2.75, 3.05) is 26.2 Å². The SMILES string of the molecule is CCN(CC)S(=O)(=O)c1ccc(C)c(C(=O)NCc2ccccc2CN2CCCC2)c1. The van der Waals surface area contributed by atoms with Gasteiger partial charge in [-0.3, -0.25) is 9.69 Å². The maximum atomic E-state index is 13.0. The highest BCUT2D eigenvalue weighted by molar-refractivity contribution is 7.89. The summed E-state index contributed by atoms with van der Waals surface area (Å²) in [4.78, 5) is 15.5. The van der Waals surface area contributed by atoms with Crippen LogP contribution in [0.1, 0.15) is 53.7 Å². The van der Waals surface area contributed by atoms with Gasteiger partial charge in [0.05, 0.1) is 4.90 Å². The Morgan fingerprint density at radius 2 is 1.68 bits per heavy atom. The number of rotatable bonds is 9. The van der Waals surface area contributed by atoms with Crippen LogP contribution < -0.4 is 5.32 Å². The minimum absolute atomic E-state index is 0.154. The molecular weight excluding hydrogens is 410 g/mol. The van der Waals surface area contributed by atoms with E-state index in [9.17, 15) is 13.2 Å². The number of hydrogen-bond donors (Lipinski definition) is 1. The molecule has 31 heavy (non-hydrogen) atoms. The van der Waals surface area contributed by atoms with E-state index < -0.39 is 10.0 Å². The minimum atomic E-state index is -3.61. The number of aryl methyl sites for hydroxylation is 1. The van der Waals surface area contributed by atoms with Gasteiger partial charge < -0.3 is 5.32 Å². The highest BCUT2D eigenvalue weighted by Gasteiger charge is 2.23. The number of carbonyl (C=O) groups excluding carboxylic acids is 1. The smallest absolute Gasteiger partial charge is 0.251 e. The Kier molecular flexibility index (Phi) is 7.86. The molecule has 0 bridgehead atoms. The molecule has 1 aliphatic heterocycles. The van der Waals surface area contributed by atoms with Crippen LogP contribution in [0.4, 0.5) is 0 Å². The van der Waals surface area contributed by atoms with Gasteiger partial charge in [0.1, 0.15) is 0 Å². The van der Waals surface area contributed by atoms with Crippen LogP contribution in [0.25, 0.3) is 0 Å². The number of sulfonamides is 1. The number of benzene rings is 2. The lowest BCUT2D eigenvalue weighted by atomic mass is 10.1. The van der Waals surface area contributed by atoms with Crippen molar-refractivity contribution < 1.29 is 13.2 Å². The summed E-state index contributed by atoms with van der Waals surface area (Å²) in [5, 5.41) is 2.99. The average molecular weight is 444 g/mol. The monoisotopic (exact) mass is 443 g/mol. The number of amides is 1. The van der Waals surface area contributed by atoms with Crippen LogP contribution in [-0.4, -0.2) is 49.7 Å². The van der Waals surface area contributed by atoms with Gasteiger partial charge in [-0.1, -0.05) is 44.2 Å². The Balaban J connectivity index is 1.76. The Morgan fingerprint density at radius 1 is 1.03 bits per heavy atom. The third-order valence-electron chi connectivity index (χ3n) is 5.95. The highest BCUT2D eigenvalue weighted by atomic mass is 32.2. The van der Waals surface area contributed by atoms with Crippen molar-refractivity contribution >= 4 is 15.9 Å². The Hall–Kier alpha value is -2.22. The average Bonchev–Trinajstić information content (AvgIpc) is 3.27. The Labute approximate surface area is 186 Å². The van der Waals surface area contributed by atoms with Crippen LogP contribution in [0.2, 0.25) is 0 Å². The van der Waals surface area contributed by atoms with Crippen LogP contribution in [-0.2, 0) is 23.1 Å². The maximum Gasteiger partial charge on any atom is 0.251 e. The van der Waals surface area contributed by atoms with Crippen LogP contribution >= 0.6 is 0 Å². The summed E-state index contributed by atoms with van der Waals surface area (Å²) in [6.45, 7) is 9.76. The summed E-state index contributed by atoms with van der Waals surface area (Å²) in [5.74, 6) is -0.259. The molecule has 2 aromatic carbocycles. The van der Waals surface area contributed by atoms with Gasteiger partial charge in [0.2, 0.25) is 10.0 Å². The number of nitrogens with one attached hydrogen (secondary N) is 1. The number of likely N-dealkylation sites (tertiary alicyclic amines) is 1. The standard InChI is InChI=1S/C24H33N3O3S/c1-4-27(5-2)31(29,30)22-13-12-19(3)23(16-22)24(28)25-17-20-10-6-7-11-21(20)18-26-14-8-9-15-26/h6-7,10-13,16H,4-5,8-9,14-15,17-18H2,1-3H3,(H,25,28). The molecule has 1 N–H and O–H groups in total. The third-order valence-corrected chi connectivity index (χ3v) is 7.99. The molecule has 1 fully saturated rings.